The summed E-state index contributed by atoms with van der Waals surface area (Å²) >= 11 is 0. The van der Waals surface area contributed by atoms with Crippen LogP contribution in [-0.2, 0) is 5.41 Å². The Kier molecular flexibility index (Phi) is 7.55. The van der Waals surface area contributed by atoms with Gasteiger partial charge in [-0.2, -0.15) is 0 Å². The van der Waals surface area contributed by atoms with E-state index in [9.17, 15) is 0 Å². The lowest BCUT2D eigenvalue weighted by molar-refractivity contribution is 0.666. The molecule has 2 heteroatoms. The zero-order valence-corrected chi connectivity index (χ0v) is 31.9. The fraction of sp³-hybridized carbons (Fsp3) is 0.0545. The van der Waals surface area contributed by atoms with Crippen molar-refractivity contribution in [3.8, 4) is 67.3 Å². The lowest BCUT2D eigenvalue weighted by Gasteiger charge is -2.23. The molecule has 1 heterocycles. The van der Waals surface area contributed by atoms with Crippen LogP contribution in [0.4, 0.5) is 0 Å². The summed E-state index contributed by atoms with van der Waals surface area (Å²) < 4.78 is 0. The number of benzene rings is 9. The number of rotatable bonds is 5. The first-order chi connectivity index (χ1) is 28.0. The fourth-order valence-corrected chi connectivity index (χ4v) is 9.28. The molecule has 0 bridgehead atoms. The van der Waals surface area contributed by atoms with Crippen LogP contribution in [0.3, 0.4) is 0 Å². The minimum Gasteiger partial charge on any atom is -0.228 e. The quantitative estimate of drug-likeness (QED) is 0.176. The Morgan fingerprint density at radius 1 is 0.351 bits per heavy atom. The molecule has 1 aliphatic rings. The van der Waals surface area contributed by atoms with Crippen molar-refractivity contribution in [2.45, 2.75) is 19.3 Å². The predicted octanol–water partition coefficient (Wildman–Crippen LogP) is 14.6. The van der Waals surface area contributed by atoms with Crippen LogP contribution in [-0.4, -0.2) is 9.97 Å². The van der Waals surface area contributed by atoms with Crippen LogP contribution in [0.15, 0.2) is 194 Å². The van der Waals surface area contributed by atoms with Gasteiger partial charge in [0.05, 0.1) is 11.4 Å². The Balaban J connectivity index is 1.06. The standard InChI is InChI=1S/C55H38N2/c1-55(2)49-22-12-21-47(52(49)48-30-29-37-14-8-9-18-42(37)53(48)55)45-31-32-46(44-20-11-10-19-43(44)45)51-34-50(56-54(57-51)39-15-4-3-5-16-39)38-26-23-36(24-27-38)41-28-25-35-13-6-7-17-40(35)33-41/h3-34H,1-2H3. The van der Waals surface area contributed by atoms with Gasteiger partial charge in [0.2, 0.25) is 0 Å². The van der Waals surface area contributed by atoms with Gasteiger partial charge in [-0.3, -0.25) is 0 Å². The van der Waals surface area contributed by atoms with Crippen LogP contribution in [0, 0.1) is 0 Å². The van der Waals surface area contributed by atoms with Crippen molar-refractivity contribution in [1.29, 1.82) is 0 Å². The average Bonchev–Trinajstić information content (AvgIpc) is 3.52. The van der Waals surface area contributed by atoms with E-state index in [4.69, 9.17) is 9.97 Å². The second kappa shape index (κ2) is 13.0. The highest BCUT2D eigenvalue weighted by molar-refractivity contribution is 6.09. The third kappa shape index (κ3) is 5.40. The zero-order chi connectivity index (χ0) is 38.1. The van der Waals surface area contributed by atoms with Crippen LogP contribution < -0.4 is 0 Å². The summed E-state index contributed by atoms with van der Waals surface area (Å²) in [7, 11) is 0. The Morgan fingerprint density at radius 3 is 1.75 bits per heavy atom. The van der Waals surface area contributed by atoms with E-state index in [-0.39, 0.29) is 5.41 Å². The van der Waals surface area contributed by atoms with Gasteiger partial charge in [-0.15, -0.1) is 0 Å². The highest BCUT2D eigenvalue weighted by Gasteiger charge is 2.38. The third-order valence-electron chi connectivity index (χ3n) is 12.1. The van der Waals surface area contributed by atoms with Gasteiger partial charge in [-0.05, 0) is 89.0 Å². The van der Waals surface area contributed by atoms with E-state index in [1.54, 1.807) is 0 Å². The minimum atomic E-state index is -0.129. The first-order valence-corrected chi connectivity index (χ1v) is 19.7. The molecule has 0 saturated carbocycles. The van der Waals surface area contributed by atoms with Crippen molar-refractivity contribution in [3.05, 3.63) is 205 Å². The molecule has 1 aromatic heterocycles. The van der Waals surface area contributed by atoms with Gasteiger partial charge < -0.3 is 0 Å². The first kappa shape index (κ1) is 33.2. The average molecular weight is 727 g/mol. The van der Waals surface area contributed by atoms with E-state index in [1.807, 2.05) is 18.2 Å². The third-order valence-corrected chi connectivity index (χ3v) is 12.1. The minimum absolute atomic E-state index is 0.129. The Morgan fingerprint density at radius 2 is 0.947 bits per heavy atom. The number of nitrogens with zero attached hydrogens (tertiary/aromatic N) is 2. The van der Waals surface area contributed by atoms with E-state index in [2.05, 4.69) is 190 Å². The Bertz CT molecular complexity index is 3190. The highest BCUT2D eigenvalue weighted by Crippen LogP contribution is 2.55. The largest absolute Gasteiger partial charge is 0.228 e. The SMILES string of the molecule is CC1(C)c2cccc(-c3ccc(-c4cc(-c5ccc(-c6ccc7ccccc7c6)cc5)nc(-c5ccccc5)n4)c4ccccc34)c2-c2ccc3ccccc3c21. The van der Waals surface area contributed by atoms with E-state index in [1.165, 1.54) is 76.8 Å². The van der Waals surface area contributed by atoms with Gasteiger partial charge in [0.25, 0.3) is 0 Å². The van der Waals surface area contributed by atoms with E-state index >= 15 is 0 Å². The van der Waals surface area contributed by atoms with Crippen LogP contribution >= 0.6 is 0 Å². The molecule has 1 aliphatic carbocycles. The van der Waals surface area contributed by atoms with Gasteiger partial charge in [0, 0.05) is 22.1 Å². The van der Waals surface area contributed by atoms with Crippen LogP contribution in [0.5, 0.6) is 0 Å². The summed E-state index contributed by atoms with van der Waals surface area (Å²) in [6.07, 6.45) is 0. The van der Waals surface area contributed by atoms with Gasteiger partial charge in [0.15, 0.2) is 5.82 Å². The highest BCUT2D eigenvalue weighted by atomic mass is 14.9. The summed E-state index contributed by atoms with van der Waals surface area (Å²) in [6.45, 7) is 4.76. The molecule has 0 fully saturated rings. The molecule has 2 nitrogen and oxygen atoms in total. The van der Waals surface area contributed by atoms with Crippen LogP contribution in [0.25, 0.3) is 99.6 Å². The van der Waals surface area contributed by atoms with Crippen LogP contribution in [0.1, 0.15) is 25.0 Å². The van der Waals surface area contributed by atoms with Crippen molar-refractivity contribution in [1.82, 2.24) is 9.97 Å². The topological polar surface area (TPSA) is 25.8 Å². The number of hydrogen-bond acceptors (Lipinski definition) is 2. The fourth-order valence-electron chi connectivity index (χ4n) is 9.28. The number of aromatic nitrogens is 2. The second-order valence-electron chi connectivity index (χ2n) is 15.7. The van der Waals surface area contributed by atoms with Crippen molar-refractivity contribution in [2.75, 3.05) is 0 Å². The van der Waals surface area contributed by atoms with E-state index < -0.39 is 0 Å². The van der Waals surface area contributed by atoms with Gasteiger partial charge in [-0.25, -0.2) is 9.97 Å². The molecule has 57 heavy (non-hydrogen) atoms. The summed E-state index contributed by atoms with van der Waals surface area (Å²) in [4.78, 5) is 10.4. The molecule has 9 aromatic carbocycles. The van der Waals surface area contributed by atoms with Crippen molar-refractivity contribution in [3.63, 3.8) is 0 Å². The van der Waals surface area contributed by atoms with E-state index in [0.29, 0.717) is 5.82 Å². The molecule has 0 radical (unpaired) electrons. The lowest BCUT2D eigenvalue weighted by Crippen LogP contribution is -2.15. The first-order valence-electron chi connectivity index (χ1n) is 19.7. The van der Waals surface area contributed by atoms with Gasteiger partial charge >= 0.3 is 0 Å². The van der Waals surface area contributed by atoms with Gasteiger partial charge in [0.1, 0.15) is 0 Å². The molecule has 0 unspecified atom stereocenters. The summed E-state index contributed by atoms with van der Waals surface area (Å²) in [5.41, 5.74) is 15.1. The molecule has 0 aliphatic heterocycles. The number of hydrogen-bond donors (Lipinski definition) is 0. The molecule has 0 atom stereocenters. The smallest absolute Gasteiger partial charge is 0.160 e. The molecule has 0 spiro atoms. The molecule has 10 aromatic rings. The second-order valence-corrected chi connectivity index (χ2v) is 15.7. The predicted molar refractivity (Wildman–Crippen MR) is 239 cm³/mol. The molecule has 0 amide bonds. The Labute approximate surface area is 332 Å². The zero-order valence-electron chi connectivity index (χ0n) is 31.9. The molecular formula is C55H38N2. The molecule has 0 saturated heterocycles. The summed E-state index contributed by atoms with van der Waals surface area (Å²) in [6, 6.07) is 70.1. The van der Waals surface area contributed by atoms with E-state index in [0.717, 1.165) is 28.1 Å². The maximum Gasteiger partial charge on any atom is 0.160 e. The normalized spacial score (nSPS) is 12.9. The van der Waals surface area contributed by atoms with Crippen molar-refractivity contribution < 1.29 is 0 Å². The summed E-state index contributed by atoms with van der Waals surface area (Å²) in [5, 5.41) is 7.48. The number of fused-ring (bicyclic) bond motifs is 7. The monoisotopic (exact) mass is 726 g/mol. The molecule has 268 valence electrons. The molecular weight excluding hydrogens is 689 g/mol. The lowest BCUT2D eigenvalue weighted by atomic mass is 9.80. The molecule has 11 rings (SSSR count). The van der Waals surface area contributed by atoms with Gasteiger partial charge in [-0.1, -0.05) is 196 Å². The summed E-state index contributed by atoms with van der Waals surface area (Å²) in [5.74, 6) is 0.710. The van der Waals surface area contributed by atoms with Crippen molar-refractivity contribution >= 4 is 32.3 Å². The Hall–Kier alpha value is -7.16. The van der Waals surface area contributed by atoms with Crippen LogP contribution in [0.2, 0.25) is 0 Å². The molecule has 0 N–H and O–H groups in total. The maximum absolute atomic E-state index is 5.27. The maximum atomic E-state index is 5.27. The van der Waals surface area contributed by atoms with Crippen molar-refractivity contribution in [2.24, 2.45) is 0 Å².